The van der Waals surface area contributed by atoms with Crippen molar-refractivity contribution in [2.45, 2.75) is 52.1 Å². The Balaban J connectivity index is 0.00000106. The van der Waals surface area contributed by atoms with E-state index >= 15 is 0 Å². The van der Waals surface area contributed by atoms with Crippen LogP contribution >= 0.6 is 23.2 Å². The molecule has 8 heteroatoms. The number of nitrogens with two attached hydrogens (primary N) is 1. The summed E-state index contributed by atoms with van der Waals surface area (Å²) in [7, 11) is 0. The highest BCUT2D eigenvalue weighted by molar-refractivity contribution is 6.34. The summed E-state index contributed by atoms with van der Waals surface area (Å²) >= 11 is 11.8. The summed E-state index contributed by atoms with van der Waals surface area (Å²) in [5.41, 5.74) is 5.67. The maximum Gasteiger partial charge on any atom is 0.222 e. The van der Waals surface area contributed by atoms with Gasteiger partial charge in [0, 0.05) is 6.42 Å². The summed E-state index contributed by atoms with van der Waals surface area (Å²) in [6, 6.07) is 0. The Labute approximate surface area is 134 Å². The number of anilines is 1. The average Bonchev–Trinajstić information content (AvgIpc) is 2.69. The molecule has 0 saturated carbocycles. The Morgan fingerprint density at radius 3 is 2.29 bits per heavy atom. The number of nitrogens with zero attached hydrogens (tertiary/aromatic N) is 2. The van der Waals surface area contributed by atoms with E-state index in [0.29, 0.717) is 6.61 Å². The van der Waals surface area contributed by atoms with Gasteiger partial charge < -0.3 is 20.3 Å². The molecule has 3 N–H and O–H groups in total. The molecule has 1 aromatic rings. The van der Waals surface area contributed by atoms with E-state index in [9.17, 15) is 5.11 Å². The molecule has 1 fully saturated rings. The van der Waals surface area contributed by atoms with Crippen LogP contribution in [0.15, 0.2) is 0 Å². The molecule has 2 rings (SSSR count). The quantitative estimate of drug-likeness (QED) is 0.824. The second-order valence-electron chi connectivity index (χ2n) is 4.78. The van der Waals surface area contributed by atoms with E-state index in [0.717, 1.165) is 0 Å². The average molecular weight is 338 g/mol. The smallest absolute Gasteiger partial charge is 0.222 e. The molecule has 0 bridgehead atoms. The molecule has 21 heavy (non-hydrogen) atoms. The van der Waals surface area contributed by atoms with Gasteiger partial charge in [-0.25, -0.2) is 9.97 Å². The third kappa shape index (κ3) is 4.93. The first-order valence-corrected chi connectivity index (χ1v) is 7.52. The van der Waals surface area contributed by atoms with Crippen molar-refractivity contribution >= 4 is 29.2 Å². The fourth-order valence-corrected chi connectivity index (χ4v) is 2.61. The molecule has 0 spiro atoms. The minimum absolute atomic E-state index is 0.0347. The number of aliphatic hydroxyl groups is 1. The largest absolute Gasteiger partial charge is 0.388 e. The predicted molar refractivity (Wildman–Crippen MR) is 82.3 cm³/mol. The molecule has 6 nitrogen and oxygen atoms in total. The number of rotatable bonds is 3. The van der Waals surface area contributed by atoms with Gasteiger partial charge in [0.25, 0.3) is 0 Å². The predicted octanol–water partition coefficient (Wildman–Crippen LogP) is 2.97. The molecule has 1 aromatic heterocycles. The SMILES string of the molecule is CC.CC1(C)OCC(CC(O)c2c(Cl)nc(N)nc2Cl)O1. The van der Waals surface area contributed by atoms with Crippen molar-refractivity contribution in [2.75, 3.05) is 12.3 Å². The number of aliphatic hydroxyl groups excluding tert-OH is 1. The Morgan fingerprint density at radius 2 is 1.86 bits per heavy atom. The zero-order valence-corrected chi connectivity index (χ0v) is 14.1. The molecule has 1 saturated heterocycles. The van der Waals surface area contributed by atoms with E-state index in [1.165, 1.54) is 0 Å². The van der Waals surface area contributed by atoms with Crippen LogP contribution in [0.5, 0.6) is 0 Å². The van der Waals surface area contributed by atoms with E-state index in [-0.39, 0.29) is 34.3 Å². The van der Waals surface area contributed by atoms with Crippen LogP contribution in [0.25, 0.3) is 0 Å². The lowest BCUT2D eigenvalue weighted by molar-refractivity contribution is -0.141. The van der Waals surface area contributed by atoms with Gasteiger partial charge in [0.15, 0.2) is 5.79 Å². The first-order valence-electron chi connectivity index (χ1n) is 6.77. The van der Waals surface area contributed by atoms with Crippen LogP contribution in [0.2, 0.25) is 10.3 Å². The highest BCUT2D eigenvalue weighted by Gasteiger charge is 2.34. The summed E-state index contributed by atoms with van der Waals surface area (Å²) in [5, 5.41) is 10.3. The van der Waals surface area contributed by atoms with Crippen molar-refractivity contribution in [1.29, 1.82) is 0 Å². The van der Waals surface area contributed by atoms with Crippen LogP contribution in [-0.2, 0) is 9.47 Å². The summed E-state index contributed by atoms with van der Waals surface area (Å²) in [5.74, 6) is -0.678. The van der Waals surface area contributed by atoms with Crippen LogP contribution in [0.1, 0.15) is 45.8 Å². The number of aromatic nitrogens is 2. The van der Waals surface area contributed by atoms with E-state index < -0.39 is 11.9 Å². The molecule has 2 atom stereocenters. The molecule has 2 heterocycles. The molecular formula is C13H21Cl2N3O3. The maximum atomic E-state index is 10.2. The lowest BCUT2D eigenvalue weighted by Crippen LogP contribution is -2.22. The zero-order valence-electron chi connectivity index (χ0n) is 12.6. The first-order chi connectivity index (χ1) is 9.78. The van der Waals surface area contributed by atoms with Gasteiger partial charge >= 0.3 is 0 Å². The number of halogens is 2. The van der Waals surface area contributed by atoms with E-state index in [1.807, 2.05) is 27.7 Å². The van der Waals surface area contributed by atoms with Crippen LogP contribution in [0, 0.1) is 0 Å². The second kappa shape index (κ2) is 7.56. The van der Waals surface area contributed by atoms with Gasteiger partial charge in [0.2, 0.25) is 5.95 Å². The van der Waals surface area contributed by atoms with Crippen molar-refractivity contribution in [1.82, 2.24) is 9.97 Å². The molecule has 1 aliphatic heterocycles. The van der Waals surface area contributed by atoms with Crippen LogP contribution in [0.4, 0.5) is 5.95 Å². The maximum absolute atomic E-state index is 10.2. The van der Waals surface area contributed by atoms with Gasteiger partial charge in [0.1, 0.15) is 10.3 Å². The molecule has 1 aliphatic rings. The van der Waals surface area contributed by atoms with E-state index in [1.54, 1.807) is 0 Å². The fraction of sp³-hybridized carbons (Fsp3) is 0.692. The molecule has 0 radical (unpaired) electrons. The van der Waals surface area contributed by atoms with Gasteiger partial charge in [-0.1, -0.05) is 37.0 Å². The highest BCUT2D eigenvalue weighted by atomic mass is 35.5. The van der Waals surface area contributed by atoms with Crippen LogP contribution in [-0.4, -0.2) is 33.6 Å². The number of nitrogen functional groups attached to an aromatic ring is 1. The highest BCUT2D eigenvalue weighted by Crippen LogP contribution is 2.34. The topological polar surface area (TPSA) is 90.5 Å². The summed E-state index contributed by atoms with van der Waals surface area (Å²) in [6.45, 7) is 8.02. The zero-order chi connectivity index (χ0) is 16.2. The summed E-state index contributed by atoms with van der Waals surface area (Å²) in [4.78, 5) is 7.55. The molecule has 0 aliphatic carbocycles. The second-order valence-corrected chi connectivity index (χ2v) is 5.50. The lowest BCUT2D eigenvalue weighted by atomic mass is 10.1. The van der Waals surface area contributed by atoms with Gasteiger partial charge in [-0.05, 0) is 13.8 Å². The van der Waals surface area contributed by atoms with Crippen molar-refractivity contribution in [2.24, 2.45) is 0 Å². The van der Waals surface area contributed by atoms with Crippen molar-refractivity contribution < 1.29 is 14.6 Å². The molecular weight excluding hydrogens is 317 g/mol. The number of hydrogen-bond donors (Lipinski definition) is 2. The normalized spacial score (nSPS) is 21.6. The van der Waals surface area contributed by atoms with Crippen molar-refractivity contribution in [3.63, 3.8) is 0 Å². The van der Waals surface area contributed by atoms with E-state index in [2.05, 4.69) is 9.97 Å². The summed E-state index contributed by atoms with van der Waals surface area (Å²) in [6.07, 6.45) is -0.895. The van der Waals surface area contributed by atoms with Gasteiger partial charge in [0.05, 0.1) is 24.4 Å². The van der Waals surface area contributed by atoms with Crippen LogP contribution < -0.4 is 5.73 Å². The van der Waals surface area contributed by atoms with Crippen LogP contribution in [0.3, 0.4) is 0 Å². The lowest BCUT2D eigenvalue weighted by Gasteiger charge is -2.19. The van der Waals surface area contributed by atoms with Gasteiger partial charge in [-0.2, -0.15) is 0 Å². The minimum Gasteiger partial charge on any atom is -0.388 e. The van der Waals surface area contributed by atoms with Gasteiger partial charge in [-0.3, -0.25) is 0 Å². The fourth-order valence-electron chi connectivity index (χ4n) is 1.95. The third-order valence-electron chi connectivity index (χ3n) is 2.76. The van der Waals surface area contributed by atoms with E-state index in [4.69, 9.17) is 38.4 Å². The van der Waals surface area contributed by atoms with Crippen molar-refractivity contribution in [3.8, 4) is 0 Å². The Hall–Kier alpha value is -0.660. The summed E-state index contributed by atoms with van der Waals surface area (Å²) < 4.78 is 11.0. The standard InChI is InChI=1S/C11H15Cl2N3O3.C2H6/c1-11(2)18-4-5(19-11)3-6(17)7-8(12)15-10(14)16-9(7)13;1-2/h5-6,17H,3-4H2,1-2H3,(H2,14,15,16);1-2H3. The third-order valence-corrected chi connectivity index (χ3v) is 3.33. The molecule has 0 amide bonds. The molecule has 120 valence electrons. The number of hydrogen-bond acceptors (Lipinski definition) is 6. The Bertz CT molecular complexity index is 463. The monoisotopic (exact) mass is 337 g/mol. The first kappa shape index (κ1) is 18.4. The van der Waals surface area contributed by atoms with Gasteiger partial charge in [-0.15, -0.1) is 0 Å². The van der Waals surface area contributed by atoms with Crippen molar-refractivity contribution in [3.05, 3.63) is 15.9 Å². The molecule has 2 unspecified atom stereocenters. The number of ether oxygens (including phenoxy) is 2. The molecule has 0 aromatic carbocycles. The minimum atomic E-state index is -0.942. The Morgan fingerprint density at radius 1 is 1.33 bits per heavy atom. The Kier molecular flexibility index (Phi) is 6.62.